The van der Waals surface area contributed by atoms with Crippen LogP contribution in [0.15, 0.2) is 18.5 Å². The van der Waals surface area contributed by atoms with Crippen LogP contribution in [0.3, 0.4) is 0 Å². The Morgan fingerprint density at radius 2 is 1.86 bits per heavy atom. The number of pyridine rings is 1. The van der Waals surface area contributed by atoms with Crippen molar-refractivity contribution in [1.82, 2.24) is 19.7 Å². The van der Waals surface area contributed by atoms with E-state index in [9.17, 15) is 4.79 Å². The van der Waals surface area contributed by atoms with Crippen molar-refractivity contribution in [2.75, 3.05) is 54.5 Å². The third-order valence-electron chi connectivity index (χ3n) is 8.50. The van der Waals surface area contributed by atoms with Crippen molar-refractivity contribution in [2.45, 2.75) is 81.7 Å². The molecule has 1 amide bonds. The van der Waals surface area contributed by atoms with E-state index in [1.807, 2.05) is 10.7 Å². The molecule has 2 aliphatic heterocycles. The number of likely N-dealkylation sites (N-methyl/N-ethyl adjacent to an activating group) is 1. The maximum atomic E-state index is 13.7. The fraction of sp³-hybridized carbons (Fsp3) is 0.667. The van der Waals surface area contributed by atoms with E-state index < -0.39 is 0 Å². The number of nitrogen functional groups attached to an aromatic ring is 1. The minimum absolute atomic E-state index is 0.113. The Balaban J connectivity index is 1.44. The van der Waals surface area contributed by atoms with Gasteiger partial charge in [-0.2, -0.15) is 5.10 Å². The average molecular weight is 529 g/mol. The number of carbonyl (C=O) groups excluding carboxylic acids is 1. The number of halogens is 1. The lowest BCUT2D eigenvalue weighted by atomic mass is 9.81. The lowest BCUT2D eigenvalue weighted by Crippen LogP contribution is -2.50. The second-order valence-electron chi connectivity index (χ2n) is 11.1. The summed E-state index contributed by atoms with van der Waals surface area (Å²) < 4.78 is 1.96. The molecule has 5 rings (SSSR count). The number of fused-ring (bicyclic) bond motifs is 2. The fourth-order valence-corrected chi connectivity index (χ4v) is 6.85. The van der Waals surface area contributed by atoms with Crippen LogP contribution in [0.1, 0.15) is 75.1 Å². The Morgan fingerprint density at radius 3 is 2.57 bits per heavy atom. The van der Waals surface area contributed by atoms with Gasteiger partial charge < -0.3 is 26.2 Å². The number of nitrogens with one attached hydrogen (secondary N) is 2. The Labute approximate surface area is 225 Å². The number of amides is 1. The van der Waals surface area contributed by atoms with E-state index in [4.69, 9.17) is 22.4 Å². The molecule has 2 unspecified atom stereocenters. The Bertz CT molecular complexity index is 1090. The zero-order valence-corrected chi connectivity index (χ0v) is 22.9. The highest BCUT2D eigenvalue weighted by atomic mass is 35.5. The number of aromatic nitrogens is 3. The van der Waals surface area contributed by atoms with Crippen LogP contribution < -0.4 is 21.3 Å². The molecule has 0 aromatic carbocycles. The number of nitrogens with two attached hydrogens (primary N) is 1. The largest absolute Gasteiger partial charge is 0.381 e. The van der Waals surface area contributed by atoms with Gasteiger partial charge >= 0.3 is 0 Å². The molecule has 9 nitrogen and oxygen atoms in total. The molecule has 2 aromatic heterocycles. The van der Waals surface area contributed by atoms with E-state index in [-0.39, 0.29) is 22.6 Å². The average Bonchev–Trinajstić information content (AvgIpc) is 3.23. The molecular weight excluding hydrogens is 488 g/mol. The van der Waals surface area contributed by atoms with Crippen LogP contribution in [0, 0.1) is 0 Å². The van der Waals surface area contributed by atoms with Crippen molar-refractivity contribution in [2.24, 2.45) is 0 Å². The molecule has 4 heterocycles. The normalized spacial score (nSPS) is 24.8. The predicted octanol–water partition coefficient (Wildman–Crippen LogP) is 4.51. The lowest BCUT2D eigenvalue weighted by molar-refractivity contribution is 0.102. The number of piperazine rings is 1. The molecule has 202 valence electrons. The summed E-state index contributed by atoms with van der Waals surface area (Å²) >= 11 is 7.02. The summed E-state index contributed by atoms with van der Waals surface area (Å²) in [4.78, 5) is 22.7. The van der Waals surface area contributed by atoms with Gasteiger partial charge in [-0.3, -0.25) is 9.78 Å². The van der Waals surface area contributed by atoms with Gasteiger partial charge in [0.15, 0.2) is 5.82 Å². The maximum absolute atomic E-state index is 13.7. The molecule has 2 atom stereocenters. The number of hydrogen-bond acceptors (Lipinski definition) is 7. The predicted molar refractivity (Wildman–Crippen MR) is 151 cm³/mol. The van der Waals surface area contributed by atoms with Gasteiger partial charge in [-0.25, -0.2) is 4.68 Å². The zero-order chi connectivity index (χ0) is 26.0. The van der Waals surface area contributed by atoms with Gasteiger partial charge in [-0.1, -0.05) is 44.9 Å². The van der Waals surface area contributed by atoms with Gasteiger partial charge in [0, 0.05) is 38.4 Å². The third-order valence-corrected chi connectivity index (χ3v) is 9.06. The van der Waals surface area contributed by atoms with Crippen molar-refractivity contribution >= 4 is 40.5 Å². The summed E-state index contributed by atoms with van der Waals surface area (Å²) in [6.07, 6.45) is 13.8. The van der Waals surface area contributed by atoms with E-state index >= 15 is 0 Å². The quantitative estimate of drug-likeness (QED) is 0.503. The summed E-state index contributed by atoms with van der Waals surface area (Å²) in [7, 11) is 2.14. The zero-order valence-electron chi connectivity index (χ0n) is 22.2. The first-order chi connectivity index (χ1) is 17.9. The van der Waals surface area contributed by atoms with Crippen LogP contribution >= 0.6 is 11.6 Å². The second kappa shape index (κ2) is 11.1. The molecule has 2 fully saturated rings. The summed E-state index contributed by atoms with van der Waals surface area (Å²) in [6.45, 7) is 5.61. The molecule has 1 saturated heterocycles. The van der Waals surface area contributed by atoms with Gasteiger partial charge in [0.25, 0.3) is 5.91 Å². The van der Waals surface area contributed by atoms with Crippen LogP contribution in [0.4, 0.5) is 23.0 Å². The van der Waals surface area contributed by atoms with Crippen molar-refractivity contribution in [3.05, 3.63) is 24.0 Å². The smallest absolute Gasteiger partial charge is 0.263 e. The fourth-order valence-electron chi connectivity index (χ4n) is 6.47. The molecule has 2 aromatic rings. The highest BCUT2D eigenvalue weighted by molar-refractivity contribution is 6.22. The van der Waals surface area contributed by atoms with Crippen LogP contribution in [0.5, 0.6) is 0 Å². The first-order valence-electron chi connectivity index (χ1n) is 13.9. The van der Waals surface area contributed by atoms with E-state index in [2.05, 4.69) is 39.4 Å². The Morgan fingerprint density at radius 1 is 1.16 bits per heavy atom. The minimum atomic E-state index is -0.332. The summed E-state index contributed by atoms with van der Waals surface area (Å²) in [6, 6.07) is 2.29. The standard InChI is InChI=1S/C27H41ClN8O/c1-19-18-34(2)14-15-35(19)21-10-13-30-16-20(21)32-26(37)23-24(29)33-36-25(23)31-17-22(28)27(36)11-8-6-4-3-5-7-9-12-27/h10,13,16,19,22,31H,3-9,11-12,14-15,17-18H2,1-2H3,(H2,29,33)(H,32,37). The monoisotopic (exact) mass is 528 g/mol. The van der Waals surface area contributed by atoms with Gasteiger partial charge in [0.1, 0.15) is 11.4 Å². The van der Waals surface area contributed by atoms with Gasteiger partial charge in [-0.05, 0) is 32.9 Å². The van der Waals surface area contributed by atoms with Gasteiger partial charge in [0.05, 0.1) is 28.5 Å². The SMILES string of the molecule is CC1CN(C)CCN1c1ccncc1NC(=O)c1c(N)nn2c1NCC(Cl)C21CCCCCCCCC1. The number of alkyl halides is 1. The van der Waals surface area contributed by atoms with E-state index in [1.54, 1.807) is 12.4 Å². The van der Waals surface area contributed by atoms with Gasteiger partial charge in [-0.15, -0.1) is 11.6 Å². The van der Waals surface area contributed by atoms with E-state index in [0.717, 1.165) is 51.0 Å². The lowest BCUT2D eigenvalue weighted by Gasteiger charge is -2.43. The molecule has 10 heteroatoms. The van der Waals surface area contributed by atoms with Crippen LogP contribution in [0.2, 0.25) is 0 Å². The van der Waals surface area contributed by atoms with Crippen molar-refractivity contribution in [1.29, 1.82) is 0 Å². The number of nitrogens with zero attached hydrogens (tertiary/aromatic N) is 5. The molecule has 1 aliphatic carbocycles. The molecular formula is C27H41ClN8O. The minimum Gasteiger partial charge on any atom is -0.381 e. The number of anilines is 4. The highest BCUT2D eigenvalue weighted by Gasteiger charge is 2.46. The molecule has 0 bridgehead atoms. The molecule has 1 saturated carbocycles. The van der Waals surface area contributed by atoms with E-state index in [0.29, 0.717) is 29.7 Å². The summed E-state index contributed by atoms with van der Waals surface area (Å²) in [5.41, 5.74) is 8.16. The Kier molecular flexibility index (Phi) is 7.81. The molecule has 37 heavy (non-hydrogen) atoms. The molecule has 4 N–H and O–H groups in total. The first-order valence-corrected chi connectivity index (χ1v) is 14.3. The van der Waals surface area contributed by atoms with Gasteiger partial charge in [0.2, 0.25) is 0 Å². The molecule has 0 radical (unpaired) electrons. The van der Waals surface area contributed by atoms with Crippen molar-refractivity contribution in [3.63, 3.8) is 0 Å². The maximum Gasteiger partial charge on any atom is 0.263 e. The topological polar surface area (TPSA) is 104 Å². The number of carbonyl (C=O) groups is 1. The number of rotatable bonds is 3. The number of hydrogen-bond donors (Lipinski definition) is 3. The molecule has 1 spiro atoms. The van der Waals surface area contributed by atoms with Crippen LogP contribution in [0.25, 0.3) is 0 Å². The molecule has 3 aliphatic rings. The van der Waals surface area contributed by atoms with Crippen molar-refractivity contribution < 1.29 is 4.79 Å². The van der Waals surface area contributed by atoms with Crippen LogP contribution in [-0.2, 0) is 5.54 Å². The summed E-state index contributed by atoms with van der Waals surface area (Å²) in [5.74, 6) is 0.647. The Hall–Kier alpha value is -2.52. The van der Waals surface area contributed by atoms with Crippen LogP contribution in [-0.4, -0.2) is 70.2 Å². The first kappa shape index (κ1) is 26.1. The highest BCUT2D eigenvalue weighted by Crippen LogP contribution is 2.44. The summed E-state index contributed by atoms with van der Waals surface area (Å²) in [5, 5.41) is 11.1. The second-order valence-corrected chi connectivity index (χ2v) is 11.6. The van der Waals surface area contributed by atoms with E-state index in [1.165, 1.54) is 32.1 Å². The third kappa shape index (κ3) is 5.12. The van der Waals surface area contributed by atoms with Crippen molar-refractivity contribution in [3.8, 4) is 0 Å².